The van der Waals surface area contributed by atoms with E-state index in [-0.39, 0.29) is 11.3 Å². The largest absolute Gasteiger partial charge is 0.493 e. The molecule has 1 aromatic carbocycles. The predicted octanol–water partition coefficient (Wildman–Crippen LogP) is 2.58. The fourth-order valence-electron chi connectivity index (χ4n) is 3.78. The third kappa shape index (κ3) is 4.78. The summed E-state index contributed by atoms with van der Waals surface area (Å²) in [6.45, 7) is 11.2. The average molecular weight is 399 g/mol. The molecule has 156 valence electrons. The third-order valence-corrected chi connectivity index (χ3v) is 5.58. The summed E-state index contributed by atoms with van der Waals surface area (Å²) in [6.07, 6.45) is 1.92. The van der Waals surface area contributed by atoms with Crippen molar-refractivity contribution in [2.75, 3.05) is 32.8 Å². The van der Waals surface area contributed by atoms with Crippen molar-refractivity contribution >= 4 is 5.91 Å². The van der Waals surface area contributed by atoms with Crippen LogP contribution in [0.25, 0.3) is 0 Å². The van der Waals surface area contributed by atoms with Gasteiger partial charge >= 0.3 is 0 Å². The van der Waals surface area contributed by atoms with Gasteiger partial charge in [0.1, 0.15) is 5.75 Å². The first-order chi connectivity index (χ1) is 13.9. The summed E-state index contributed by atoms with van der Waals surface area (Å²) < 4.78 is 10.9. The second-order valence-corrected chi connectivity index (χ2v) is 8.96. The Bertz CT molecular complexity index is 863. The lowest BCUT2D eigenvalue weighted by Crippen LogP contribution is -2.48. The van der Waals surface area contributed by atoms with Crippen molar-refractivity contribution in [2.24, 2.45) is 0 Å². The number of ether oxygens (including phenoxy) is 1. The van der Waals surface area contributed by atoms with Gasteiger partial charge in [-0.3, -0.25) is 9.69 Å². The topological polar surface area (TPSA) is 71.7 Å². The van der Waals surface area contributed by atoms with Gasteiger partial charge in [-0.05, 0) is 17.2 Å². The maximum atomic E-state index is 12.6. The number of rotatable bonds is 5. The number of aromatic nitrogens is 2. The van der Waals surface area contributed by atoms with Crippen molar-refractivity contribution < 1.29 is 14.1 Å². The van der Waals surface area contributed by atoms with E-state index in [4.69, 9.17) is 9.26 Å². The van der Waals surface area contributed by atoms with Gasteiger partial charge in [-0.15, -0.1) is 0 Å². The number of aryl methyl sites for hydroxylation is 1. The monoisotopic (exact) mass is 398 g/mol. The molecule has 29 heavy (non-hydrogen) atoms. The van der Waals surface area contributed by atoms with E-state index < -0.39 is 0 Å². The summed E-state index contributed by atoms with van der Waals surface area (Å²) in [5.74, 6) is 2.42. The molecule has 2 aliphatic rings. The Morgan fingerprint density at radius 3 is 2.69 bits per heavy atom. The van der Waals surface area contributed by atoms with Gasteiger partial charge in [-0.1, -0.05) is 38.1 Å². The van der Waals surface area contributed by atoms with Crippen molar-refractivity contribution in [3.8, 4) is 5.75 Å². The summed E-state index contributed by atoms with van der Waals surface area (Å²) in [5.41, 5.74) is 2.49. The normalized spacial score (nSPS) is 17.3. The van der Waals surface area contributed by atoms with E-state index in [1.54, 1.807) is 0 Å². The lowest BCUT2D eigenvalue weighted by Gasteiger charge is -2.34. The van der Waals surface area contributed by atoms with Crippen LogP contribution in [0.2, 0.25) is 0 Å². The number of carbonyl (C=O) groups is 1. The van der Waals surface area contributed by atoms with Crippen LogP contribution >= 0.6 is 0 Å². The summed E-state index contributed by atoms with van der Waals surface area (Å²) in [4.78, 5) is 21.4. The number of fused-ring (bicyclic) bond motifs is 1. The van der Waals surface area contributed by atoms with E-state index in [0.717, 1.165) is 51.5 Å². The maximum Gasteiger partial charge on any atom is 0.227 e. The van der Waals surface area contributed by atoms with Crippen molar-refractivity contribution in [1.82, 2.24) is 19.9 Å². The molecule has 7 heteroatoms. The molecule has 1 saturated heterocycles. The second kappa shape index (κ2) is 8.14. The fraction of sp³-hybridized carbons (Fsp3) is 0.591. The molecule has 0 bridgehead atoms. The minimum absolute atomic E-state index is 0.145. The molecule has 1 fully saturated rings. The van der Waals surface area contributed by atoms with E-state index >= 15 is 0 Å². The van der Waals surface area contributed by atoms with Gasteiger partial charge in [0, 0.05) is 57.4 Å². The second-order valence-electron chi connectivity index (χ2n) is 8.96. The molecular formula is C22H30N4O3. The zero-order chi connectivity index (χ0) is 20.4. The predicted molar refractivity (Wildman–Crippen MR) is 109 cm³/mol. The molecule has 1 amide bonds. The fourth-order valence-corrected chi connectivity index (χ4v) is 3.78. The molecular weight excluding hydrogens is 368 g/mol. The molecule has 0 atom stereocenters. The van der Waals surface area contributed by atoms with E-state index in [2.05, 4.69) is 33.2 Å². The molecule has 2 aliphatic heterocycles. The van der Waals surface area contributed by atoms with Crippen LogP contribution in [-0.2, 0) is 29.6 Å². The van der Waals surface area contributed by atoms with Crippen molar-refractivity contribution in [2.45, 2.75) is 52.0 Å². The minimum atomic E-state index is -0.145. The van der Waals surface area contributed by atoms with Crippen LogP contribution in [0.3, 0.4) is 0 Å². The summed E-state index contributed by atoms with van der Waals surface area (Å²) in [7, 11) is 0. The number of nitrogens with zero attached hydrogens (tertiary/aromatic N) is 4. The molecule has 2 aromatic rings. The highest BCUT2D eigenvalue weighted by Gasteiger charge is 2.24. The minimum Gasteiger partial charge on any atom is -0.493 e. The average Bonchev–Trinajstić information content (AvgIpc) is 3.35. The van der Waals surface area contributed by atoms with Crippen molar-refractivity contribution in [1.29, 1.82) is 0 Å². The quantitative estimate of drug-likeness (QED) is 0.771. The maximum absolute atomic E-state index is 12.6. The number of benzene rings is 1. The van der Waals surface area contributed by atoms with Gasteiger partial charge in [-0.25, -0.2) is 0 Å². The molecule has 0 aliphatic carbocycles. The number of hydrogen-bond acceptors (Lipinski definition) is 6. The first kappa shape index (κ1) is 19.9. The van der Waals surface area contributed by atoms with Gasteiger partial charge in [0.25, 0.3) is 0 Å². The molecule has 0 saturated carbocycles. The van der Waals surface area contributed by atoms with Crippen LogP contribution in [0, 0.1) is 0 Å². The molecule has 0 N–H and O–H groups in total. The molecule has 0 spiro atoms. The highest BCUT2D eigenvalue weighted by molar-refractivity contribution is 5.76. The lowest BCUT2D eigenvalue weighted by molar-refractivity contribution is -0.133. The SMILES string of the molecule is CC(C)(C)c1noc(CCC(=O)N2CCN(Cc3ccc4c(c3)CCO4)CC2)n1. The Hall–Kier alpha value is -2.41. The van der Waals surface area contributed by atoms with Crippen LogP contribution in [0.1, 0.15) is 50.0 Å². The molecule has 1 aromatic heterocycles. The van der Waals surface area contributed by atoms with Crippen LogP contribution in [0.15, 0.2) is 22.7 Å². The summed E-state index contributed by atoms with van der Waals surface area (Å²) in [5, 5.41) is 4.02. The summed E-state index contributed by atoms with van der Waals surface area (Å²) in [6, 6.07) is 6.49. The lowest BCUT2D eigenvalue weighted by atomic mass is 9.96. The standard InChI is InChI=1S/C22H30N4O3/c1-22(2,3)21-23-19(29-24-21)6-7-20(27)26-11-9-25(10-12-26)15-16-4-5-18-17(14-16)8-13-28-18/h4-5,14H,6-13,15H2,1-3H3. The van der Waals surface area contributed by atoms with Gasteiger partial charge in [0.05, 0.1) is 6.61 Å². The Morgan fingerprint density at radius 1 is 1.17 bits per heavy atom. The Morgan fingerprint density at radius 2 is 1.97 bits per heavy atom. The van der Waals surface area contributed by atoms with Gasteiger partial charge in [0.2, 0.25) is 11.8 Å². The highest BCUT2D eigenvalue weighted by Crippen LogP contribution is 2.26. The van der Waals surface area contributed by atoms with Gasteiger partial charge in [0.15, 0.2) is 5.82 Å². The van der Waals surface area contributed by atoms with E-state index in [1.807, 2.05) is 25.7 Å². The highest BCUT2D eigenvalue weighted by atomic mass is 16.5. The summed E-state index contributed by atoms with van der Waals surface area (Å²) >= 11 is 0. The Kier molecular flexibility index (Phi) is 5.58. The molecule has 7 nitrogen and oxygen atoms in total. The molecule has 4 rings (SSSR count). The Balaban J connectivity index is 1.23. The van der Waals surface area contributed by atoms with Crippen LogP contribution in [-0.4, -0.2) is 58.6 Å². The number of carbonyl (C=O) groups excluding carboxylic acids is 1. The Labute approximate surface area is 172 Å². The molecule has 0 radical (unpaired) electrons. The number of amides is 1. The van der Waals surface area contributed by atoms with Crippen molar-refractivity contribution in [3.05, 3.63) is 41.0 Å². The van der Waals surface area contributed by atoms with Gasteiger partial charge in [-0.2, -0.15) is 4.98 Å². The van der Waals surface area contributed by atoms with E-state index in [1.165, 1.54) is 11.1 Å². The molecule has 0 unspecified atom stereocenters. The molecule has 3 heterocycles. The first-order valence-electron chi connectivity index (χ1n) is 10.5. The zero-order valence-corrected chi connectivity index (χ0v) is 17.6. The van der Waals surface area contributed by atoms with Crippen LogP contribution < -0.4 is 4.74 Å². The third-order valence-electron chi connectivity index (χ3n) is 5.58. The van der Waals surface area contributed by atoms with Crippen LogP contribution in [0.5, 0.6) is 5.75 Å². The first-order valence-corrected chi connectivity index (χ1v) is 10.5. The van der Waals surface area contributed by atoms with Crippen LogP contribution in [0.4, 0.5) is 0 Å². The van der Waals surface area contributed by atoms with Crippen molar-refractivity contribution in [3.63, 3.8) is 0 Å². The zero-order valence-electron chi connectivity index (χ0n) is 17.6. The number of hydrogen-bond donors (Lipinski definition) is 0. The number of piperazine rings is 1. The van der Waals surface area contributed by atoms with Gasteiger partial charge < -0.3 is 14.2 Å². The van der Waals surface area contributed by atoms with E-state index in [0.29, 0.717) is 24.6 Å². The van der Waals surface area contributed by atoms with E-state index in [9.17, 15) is 4.79 Å². The smallest absolute Gasteiger partial charge is 0.227 e.